The lowest BCUT2D eigenvalue weighted by Crippen LogP contribution is -2.23. The third kappa shape index (κ3) is 3.60. The van der Waals surface area contributed by atoms with Crippen LogP contribution in [0.2, 0.25) is 5.02 Å². The lowest BCUT2D eigenvalue weighted by atomic mass is 9.95. The lowest BCUT2D eigenvalue weighted by molar-refractivity contribution is 0.537. The van der Waals surface area contributed by atoms with Gasteiger partial charge in [0.15, 0.2) is 0 Å². The van der Waals surface area contributed by atoms with E-state index in [9.17, 15) is 8.78 Å². The van der Waals surface area contributed by atoms with Gasteiger partial charge in [0.05, 0.1) is 6.04 Å². The molecule has 0 aromatic heterocycles. The Morgan fingerprint density at radius 3 is 2.38 bits per heavy atom. The highest BCUT2D eigenvalue weighted by molar-refractivity contribution is 6.30. The van der Waals surface area contributed by atoms with E-state index in [0.29, 0.717) is 22.7 Å². The van der Waals surface area contributed by atoms with Crippen LogP contribution in [0.25, 0.3) is 0 Å². The van der Waals surface area contributed by atoms with Crippen molar-refractivity contribution < 1.29 is 8.78 Å². The molecule has 2 aromatic rings. The Balaban J connectivity index is 2.55. The van der Waals surface area contributed by atoms with Crippen molar-refractivity contribution in [2.24, 2.45) is 0 Å². The van der Waals surface area contributed by atoms with Gasteiger partial charge in [-0.3, -0.25) is 0 Å². The Bertz CT molecular complexity index is 635. The number of nitrogens with one attached hydrogen (secondary N) is 1. The maximum atomic E-state index is 14.2. The molecule has 1 atom stereocenters. The van der Waals surface area contributed by atoms with Crippen LogP contribution in [0.1, 0.15) is 35.2 Å². The molecule has 112 valence electrons. The van der Waals surface area contributed by atoms with Crippen molar-refractivity contribution in [3.05, 3.63) is 69.2 Å². The first-order valence-corrected chi connectivity index (χ1v) is 7.26. The fraction of sp³-hybridized carbons (Fsp3) is 0.294. The number of aryl methyl sites for hydroxylation is 2. The molecule has 2 aromatic carbocycles. The minimum absolute atomic E-state index is 0.355. The van der Waals surface area contributed by atoms with Crippen LogP contribution in [0.15, 0.2) is 30.3 Å². The summed E-state index contributed by atoms with van der Waals surface area (Å²) >= 11 is 6.10. The summed E-state index contributed by atoms with van der Waals surface area (Å²) in [6, 6.07) is 7.74. The number of benzene rings is 2. The molecule has 0 spiro atoms. The molecule has 2 rings (SSSR count). The summed E-state index contributed by atoms with van der Waals surface area (Å²) in [5.74, 6) is -1.09. The van der Waals surface area contributed by atoms with Crippen LogP contribution in [0.3, 0.4) is 0 Å². The Labute approximate surface area is 128 Å². The second kappa shape index (κ2) is 6.54. The molecule has 4 heteroatoms. The lowest BCUT2D eigenvalue weighted by Gasteiger charge is -2.21. The van der Waals surface area contributed by atoms with Crippen LogP contribution in [-0.2, 0) is 0 Å². The number of hydrogen-bond donors (Lipinski definition) is 1. The zero-order valence-corrected chi connectivity index (χ0v) is 13.1. The molecule has 0 fully saturated rings. The van der Waals surface area contributed by atoms with E-state index in [1.165, 1.54) is 0 Å². The van der Waals surface area contributed by atoms with Crippen LogP contribution in [0.4, 0.5) is 8.78 Å². The normalized spacial score (nSPS) is 12.5. The van der Waals surface area contributed by atoms with Gasteiger partial charge in [0.2, 0.25) is 0 Å². The van der Waals surface area contributed by atoms with Gasteiger partial charge >= 0.3 is 0 Å². The first kappa shape index (κ1) is 15.9. The summed E-state index contributed by atoms with van der Waals surface area (Å²) < 4.78 is 27.6. The van der Waals surface area contributed by atoms with Gasteiger partial charge in [0.25, 0.3) is 0 Å². The molecule has 0 amide bonds. The average molecular weight is 310 g/mol. The molecule has 0 aliphatic rings. The smallest absolute Gasteiger partial charge is 0.131 e. The fourth-order valence-corrected chi connectivity index (χ4v) is 2.74. The quantitative estimate of drug-likeness (QED) is 0.844. The molecule has 1 nitrogen and oxygen atoms in total. The van der Waals surface area contributed by atoms with Crippen LogP contribution < -0.4 is 5.32 Å². The summed E-state index contributed by atoms with van der Waals surface area (Å²) in [5.41, 5.74) is 2.72. The van der Waals surface area contributed by atoms with E-state index in [2.05, 4.69) is 5.32 Å². The molecule has 0 aliphatic heterocycles. The zero-order chi connectivity index (χ0) is 15.6. The van der Waals surface area contributed by atoms with Gasteiger partial charge in [-0.15, -0.1) is 0 Å². The largest absolute Gasteiger partial charge is 0.306 e. The molecule has 0 heterocycles. The number of halogens is 3. The minimum Gasteiger partial charge on any atom is -0.306 e. The highest BCUT2D eigenvalue weighted by Crippen LogP contribution is 2.29. The second-order valence-electron chi connectivity index (χ2n) is 5.18. The van der Waals surface area contributed by atoms with Crippen molar-refractivity contribution in [3.63, 3.8) is 0 Å². The standard InChI is InChI=1S/C17H18ClF2N/c1-4-21-17(12-5-10(2)6-13(18)8-12)14-7-11(3)15(19)9-16(14)20/h5-9,17,21H,4H2,1-3H3. The Kier molecular flexibility index (Phi) is 4.96. The van der Waals surface area contributed by atoms with Gasteiger partial charge in [-0.2, -0.15) is 0 Å². The predicted octanol–water partition coefficient (Wildman–Crippen LogP) is 4.93. The highest BCUT2D eigenvalue weighted by Gasteiger charge is 2.19. The van der Waals surface area contributed by atoms with Gasteiger partial charge in [-0.25, -0.2) is 8.78 Å². The van der Waals surface area contributed by atoms with Crippen molar-refractivity contribution in [1.82, 2.24) is 5.32 Å². The van der Waals surface area contributed by atoms with E-state index >= 15 is 0 Å². The molecule has 21 heavy (non-hydrogen) atoms. The maximum absolute atomic E-state index is 14.2. The van der Waals surface area contributed by atoms with E-state index in [4.69, 9.17) is 11.6 Å². The highest BCUT2D eigenvalue weighted by atomic mass is 35.5. The van der Waals surface area contributed by atoms with Crippen molar-refractivity contribution in [2.45, 2.75) is 26.8 Å². The Morgan fingerprint density at radius 2 is 1.76 bits per heavy atom. The van der Waals surface area contributed by atoms with E-state index in [-0.39, 0.29) is 6.04 Å². The van der Waals surface area contributed by atoms with Crippen LogP contribution >= 0.6 is 11.6 Å². The molecule has 1 unspecified atom stereocenters. The van der Waals surface area contributed by atoms with Gasteiger partial charge in [0, 0.05) is 16.7 Å². The fourth-order valence-electron chi connectivity index (χ4n) is 2.44. The summed E-state index contributed by atoms with van der Waals surface area (Å²) in [7, 11) is 0. The maximum Gasteiger partial charge on any atom is 0.131 e. The number of rotatable bonds is 4. The van der Waals surface area contributed by atoms with Crippen LogP contribution in [0, 0.1) is 25.5 Å². The molecule has 1 N–H and O–H groups in total. The minimum atomic E-state index is -0.554. The monoisotopic (exact) mass is 309 g/mol. The van der Waals surface area contributed by atoms with Gasteiger partial charge < -0.3 is 5.32 Å². The summed E-state index contributed by atoms with van der Waals surface area (Å²) in [4.78, 5) is 0. The molecule has 0 saturated carbocycles. The molecule has 0 aliphatic carbocycles. The molecule has 0 radical (unpaired) electrons. The molecular weight excluding hydrogens is 292 g/mol. The summed E-state index contributed by atoms with van der Waals surface area (Å²) in [6.07, 6.45) is 0. The van der Waals surface area contributed by atoms with E-state index in [1.54, 1.807) is 19.1 Å². The van der Waals surface area contributed by atoms with Crippen LogP contribution in [0.5, 0.6) is 0 Å². The van der Waals surface area contributed by atoms with Crippen molar-refractivity contribution in [3.8, 4) is 0 Å². The number of hydrogen-bond acceptors (Lipinski definition) is 1. The van der Waals surface area contributed by atoms with Crippen LogP contribution in [-0.4, -0.2) is 6.54 Å². The first-order valence-electron chi connectivity index (χ1n) is 6.88. The molecule has 0 bridgehead atoms. The molecular formula is C17H18ClF2N. The zero-order valence-electron chi connectivity index (χ0n) is 12.3. The van der Waals surface area contributed by atoms with E-state index in [0.717, 1.165) is 17.2 Å². The molecule has 0 saturated heterocycles. The SMILES string of the molecule is CCNC(c1cc(C)cc(Cl)c1)c1cc(C)c(F)cc1F. The third-order valence-electron chi connectivity index (χ3n) is 3.39. The van der Waals surface area contributed by atoms with E-state index < -0.39 is 11.6 Å². The van der Waals surface area contributed by atoms with Crippen molar-refractivity contribution in [1.29, 1.82) is 0 Å². The summed E-state index contributed by atoms with van der Waals surface area (Å²) in [6.45, 7) is 6.17. The topological polar surface area (TPSA) is 12.0 Å². The summed E-state index contributed by atoms with van der Waals surface area (Å²) in [5, 5.41) is 3.84. The first-order chi connectivity index (χ1) is 9.92. The van der Waals surface area contributed by atoms with Gasteiger partial charge in [-0.05, 0) is 55.3 Å². The van der Waals surface area contributed by atoms with Gasteiger partial charge in [-0.1, -0.05) is 24.6 Å². The third-order valence-corrected chi connectivity index (χ3v) is 3.61. The Hall–Kier alpha value is -1.45. The van der Waals surface area contributed by atoms with Crippen molar-refractivity contribution in [2.75, 3.05) is 6.54 Å². The van der Waals surface area contributed by atoms with Gasteiger partial charge in [0.1, 0.15) is 11.6 Å². The average Bonchev–Trinajstić information content (AvgIpc) is 2.39. The second-order valence-corrected chi connectivity index (χ2v) is 5.61. The predicted molar refractivity (Wildman–Crippen MR) is 82.8 cm³/mol. The van der Waals surface area contributed by atoms with E-state index in [1.807, 2.05) is 26.0 Å². The van der Waals surface area contributed by atoms with Crippen molar-refractivity contribution >= 4 is 11.6 Å². The Morgan fingerprint density at radius 1 is 1.05 bits per heavy atom.